The molecule has 2 heterocycles. The summed E-state index contributed by atoms with van der Waals surface area (Å²) in [7, 11) is 1.34. The highest BCUT2D eigenvalue weighted by Crippen LogP contribution is 2.24. The molecule has 0 spiro atoms. The lowest BCUT2D eigenvalue weighted by Gasteiger charge is -2.32. The first-order valence-corrected chi connectivity index (χ1v) is 7.03. The normalized spacial score (nSPS) is 16.2. The van der Waals surface area contributed by atoms with Crippen LogP contribution in [-0.2, 0) is 4.74 Å². The van der Waals surface area contributed by atoms with Gasteiger partial charge in [0.2, 0.25) is 5.82 Å². The molecule has 0 bridgehead atoms. The summed E-state index contributed by atoms with van der Waals surface area (Å²) in [6.07, 6.45) is 3.33. The molecule has 20 heavy (non-hydrogen) atoms. The largest absolute Gasteiger partial charge is 0.463 e. The van der Waals surface area contributed by atoms with E-state index in [1.54, 1.807) is 0 Å². The number of rotatable bonds is 4. The molecule has 0 aromatic carbocycles. The third kappa shape index (κ3) is 3.45. The van der Waals surface area contributed by atoms with E-state index in [0.717, 1.165) is 50.4 Å². The second-order valence-electron chi connectivity index (χ2n) is 5.19. The Morgan fingerprint density at radius 3 is 2.75 bits per heavy atom. The average Bonchev–Trinajstić information content (AvgIpc) is 2.47. The average molecular weight is 278 g/mol. The number of anilines is 1. The summed E-state index contributed by atoms with van der Waals surface area (Å²) >= 11 is 0. The molecule has 110 valence electrons. The first-order chi connectivity index (χ1) is 9.63. The number of carbonyl (C=O) groups excluding carboxylic acids is 1. The minimum Gasteiger partial charge on any atom is -0.463 e. The number of aryl methyl sites for hydroxylation is 1. The van der Waals surface area contributed by atoms with Crippen molar-refractivity contribution in [1.82, 2.24) is 9.97 Å². The highest BCUT2D eigenvalue weighted by Gasteiger charge is 2.21. The van der Waals surface area contributed by atoms with Crippen LogP contribution < -0.4 is 10.6 Å². The van der Waals surface area contributed by atoms with Gasteiger partial charge >= 0.3 is 5.97 Å². The lowest BCUT2D eigenvalue weighted by Crippen LogP contribution is -2.35. The van der Waals surface area contributed by atoms with E-state index in [1.807, 2.05) is 13.0 Å². The molecule has 1 fully saturated rings. The number of esters is 1. The van der Waals surface area contributed by atoms with E-state index in [-0.39, 0.29) is 5.82 Å². The van der Waals surface area contributed by atoms with E-state index in [1.165, 1.54) is 7.11 Å². The van der Waals surface area contributed by atoms with Crippen molar-refractivity contribution in [1.29, 1.82) is 0 Å². The van der Waals surface area contributed by atoms with Crippen LogP contribution in [0.1, 0.15) is 35.6 Å². The highest BCUT2D eigenvalue weighted by molar-refractivity contribution is 5.85. The Morgan fingerprint density at radius 1 is 1.45 bits per heavy atom. The van der Waals surface area contributed by atoms with E-state index >= 15 is 0 Å². The number of carbonyl (C=O) groups is 1. The van der Waals surface area contributed by atoms with Gasteiger partial charge in [-0.25, -0.2) is 14.8 Å². The summed E-state index contributed by atoms with van der Waals surface area (Å²) in [4.78, 5) is 22.2. The maximum absolute atomic E-state index is 11.6. The molecule has 0 amide bonds. The molecule has 0 atom stereocenters. The number of nitrogens with zero attached hydrogens (tertiary/aromatic N) is 3. The Morgan fingerprint density at radius 2 is 2.15 bits per heavy atom. The van der Waals surface area contributed by atoms with Gasteiger partial charge in [0.05, 0.1) is 7.11 Å². The Kier molecular flexibility index (Phi) is 4.89. The van der Waals surface area contributed by atoms with Crippen LogP contribution in [0.4, 0.5) is 5.82 Å². The second-order valence-corrected chi connectivity index (χ2v) is 5.19. The van der Waals surface area contributed by atoms with Crippen molar-refractivity contribution in [3.63, 3.8) is 0 Å². The predicted octanol–water partition coefficient (Wildman–Crippen LogP) is 1.14. The van der Waals surface area contributed by atoms with Crippen LogP contribution in [0.25, 0.3) is 0 Å². The van der Waals surface area contributed by atoms with Crippen molar-refractivity contribution in [2.24, 2.45) is 11.7 Å². The zero-order valence-electron chi connectivity index (χ0n) is 12.1. The third-order valence-electron chi connectivity index (χ3n) is 3.72. The smallest absolute Gasteiger partial charge is 0.376 e. The first kappa shape index (κ1) is 14.7. The van der Waals surface area contributed by atoms with Crippen LogP contribution in [-0.4, -0.2) is 42.7 Å². The fraction of sp³-hybridized carbons (Fsp3) is 0.643. The molecule has 0 aliphatic carbocycles. The van der Waals surface area contributed by atoms with Crippen LogP contribution >= 0.6 is 0 Å². The van der Waals surface area contributed by atoms with Crippen LogP contribution in [0.3, 0.4) is 0 Å². The van der Waals surface area contributed by atoms with E-state index in [9.17, 15) is 4.79 Å². The summed E-state index contributed by atoms with van der Waals surface area (Å²) in [6.45, 7) is 4.51. The molecule has 1 aliphatic heterocycles. The number of hydrogen-bond donors (Lipinski definition) is 1. The van der Waals surface area contributed by atoms with Gasteiger partial charge in [0.1, 0.15) is 5.82 Å². The van der Waals surface area contributed by atoms with Crippen LogP contribution in [0.15, 0.2) is 6.07 Å². The van der Waals surface area contributed by atoms with Gasteiger partial charge in [-0.1, -0.05) is 0 Å². The molecule has 6 heteroatoms. The van der Waals surface area contributed by atoms with E-state index in [0.29, 0.717) is 5.92 Å². The van der Waals surface area contributed by atoms with Crippen LogP contribution in [0.2, 0.25) is 0 Å². The molecule has 0 saturated carbocycles. The minimum atomic E-state index is -0.493. The molecule has 6 nitrogen and oxygen atoms in total. The van der Waals surface area contributed by atoms with E-state index in [2.05, 4.69) is 19.6 Å². The van der Waals surface area contributed by atoms with Crippen molar-refractivity contribution in [3.05, 3.63) is 17.6 Å². The molecule has 2 N–H and O–H groups in total. The molecule has 0 radical (unpaired) electrons. The Hall–Kier alpha value is -1.69. The Balaban J connectivity index is 2.09. The number of methoxy groups -OCH3 is 1. The van der Waals surface area contributed by atoms with Crippen molar-refractivity contribution < 1.29 is 9.53 Å². The SMILES string of the molecule is COC(=O)c1nc(C)cc(N2CCC(CCN)CC2)n1. The van der Waals surface area contributed by atoms with Crippen molar-refractivity contribution in [2.45, 2.75) is 26.2 Å². The molecule has 0 unspecified atom stereocenters. The standard InChI is InChI=1S/C14H22N4O2/c1-10-9-12(17-13(16-10)14(19)20-2)18-7-4-11(3-6-15)5-8-18/h9,11H,3-8,15H2,1-2H3. The topological polar surface area (TPSA) is 81.3 Å². The fourth-order valence-corrected chi connectivity index (χ4v) is 2.58. The van der Waals surface area contributed by atoms with Gasteiger partial charge in [0.25, 0.3) is 0 Å². The maximum Gasteiger partial charge on any atom is 0.376 e. The van der Waals surface area contributed by atoms with E-state index < -0.39 is 5.97 Å². The summed E-state index contributed by atoms with van der Waals surface area (Å²) < 4.78 is 4.69. The minimum absolute atomic E-state index is 0.131. The summed E-state index contributed by atoms with van der Waals surface area (Å²) in [5, 5.41) is 0. The Bertz CT molecular complexity index is 470. The van der Waals surface area contributed by atoms with Gasteiger partial charge in [-0.2, -0.15) is 0 Å². The number of aromatic nitrogens is 2. The monoisotopic (exact) mass is 278 g/mol. The molecule has 2 rings (SSSR count). The highest BCUT2D eigenvalue weighted by atomic mass is 16.5. The summed E-state index contributed by atoms with van der Waals surface area (Å²) in [5.74, 6) is 1.16. The molecule has 1 aliphatic rings. The third-order valence-corrected chi connectivity index (χ3v) is 3.72. The summed E-state index contributed by atoms with van der Waals surface area (Å²) in [5.41, 5.74) is 6.39. The van der Waals surface area contributed by atoms with Gasteiger partial charge < -0.3 is 15.4 Å². The predicted molar refractivity (Wildman–Crippen MR) is 76.7 cm³/mol. The zero-order chi connectivity index (χ0) is 14.5. The molecule has 1 aromatic heterocycles. The fourth-order valence-electron chi connectivity index (χ4n) is 2.58. The van der Waals surface area contributed by atoms with Gasteiger partial charge in [-0.3, -0.25) is 0 Å². The number of hydrogen-bond acceptors (Lipinski definition) is 6. The molecular weight excluding hydrogens is 256 g/mol. The van der Waals surface area contributed by atoms with E-state index in [4.69, 9.17) is 5.73 Å². The van der Waals surface area contributed by atoms with Gasteiger partial charge in [-0.05, 0) is 38.6 Å². The molecule has 1 aromatic rings. The zero-order valence-corrected chi connectivity index (χ0v) is 12.1. The van der Waals surface area contributed by atoms with Crippen molar-refractivity contribution in [2.75, 3.05) is 31.6 Å². The van der Waals surface area contributed by atoms with Gasteiger partial charge in [0.15, 0.2) is 0 Å². The summed E-state index contributed by atoms with van der Waals surface area (Å²) in [6, 6.07) is 1.91. The number of nitrogens with two attached hydrogens (primary N) is 1. The lowest BCUT2D eigenvalue weighted by atomic mass is 9.94. The second kappa shape index (κ2) is 6.65. The quantitative estimate of drug-likeness (QED) is 0.832. The van der Waals surface area contributed by atoms with Gasteiger partial charge in [-0.15, -0.1) is 0 Å². The van der Waals surface area contributed by atoms with Gasteiger partial charge in [0, 0.05) is 24.8 Å². The van der Waals surface area contributed by atoms with Crippen molar-refractivity contribution in [3.8, 4) is 0 Å². The van der Waals surface area contributed by atoms with Crippen LogP contribution in [0, 0.1) is 12.8 Å². The van der Waals surface area contributed by atoms with Crippen LogP contribution in [0.5, 0.6) is 0 Å². The maximum atomic E-state index is 11.6. The molecular formula is C14H22N4O2. The molecule has 1 saturated heterocycles. The first-order valence-electron chi connectivity index (χ1n) is 7.03. The Labute approximate surface area is 119 Å². The lowest BCUT2D eigenvalue weighted by molar-refractivity contribution is 0.0586. The number of piperidine rings is 1. The van der Waals surface area contributed by atoms with Crippen molar-refractivity contribution >= 4 is 11.8 Å². The number of ether oxygens (including phenoxy) is 1.